The number of carbonyl (C=O) groups is 1. The van der Waals surface area contributed by atoms with Gasteiger partial charge in [0, 0.05) is 30.7 Å². The van der Waals surface area contributed by atoms with Gasteiger partial charge in [0.2, 0.25) is 0 Å². The number of hydrogen-bond acceptors (Lipinski definition) is 4. The van der Waals surface area contributed by atoms with Crippen molar-refractivity contribution in [1.82, 2.24) is 15.5 Å². The third kappa shape index (κ3) is 4.80. The van der Waals surface area contributed by atoms with Crippen LogP contribution in [0, 0.1) is 6.92 Å². The average Bonchev–Trinajstić information content (AvgIpc) is 2.92. The van der Waals surface area contributed by atoms with Gasteiger partial charge in [-0.05, 0) is 45.6 Å². The van der Waals surface area contributed by atoms with Crippen molar-refractivity contribution in [3.05, 3.63) is 41.0 Å². The fourth-order valence-corrected chi connectivity index (χ4v) is 5.16. The molecule has 2 N–H and O–H groups in total. The maximum Gasteiger partial charge on any atom is 0.315 e. The van der Waals surface area contributed by atoms with Crippen LogP contribution in [-0.2, 0) is 10.0 Å². The lowest BCUT2D eigenvalue weighted by Gasteiger charge is -2.34. The lowest BCUT2D eigenvalue weighted by atomic mass is 10.0. The summed E-state index contributed by atoms with van der Waals surface area (Å²) in [6.07, 6.45) is 2.38. The number of rotatable bonds is 4. The second kappa shape index (κ2) is 8.57. The van der Waals surface area contributed by atoms with E-state index < -0.39 is 10.0 Å². The molecule has 0 unspecified atom stereocenters. The number of benzene rings is 1. The Morgan fingerprint density at radius 2 is 1.83 bits per heavy atom. The summed E-state index contributed by atoms with van der Waals surface area (Å²) in [5.41, 5.74) is 2.44. The number of urea groups is 1. The van der Waals surface area contributed by atoms with Gasteiger partial charge in [-0.25, -0.2) is 4.79 Å². The van der Waals surface area contributed by atoms with E-state index in [4.69, 9.17) is 0 Å². The molecule has 0 radical (unpaired) electrons. The second-order valence-corrected chi connectivity index (χ2v) is 9.44. The molecule has 0 aliphatic carbocycles. The molecule has 158 valence electrons. The minimum Gasteiger partial charge on any atom is -0.356 e. The number of nitrogens with zero attached hydrogens (tertiary/aromatic N) is 2. The standard InChI is InChI=1S/C21H30N4O3S/c1-5-15(3)22-21(26)23-18-10-12-25(13-11-18)20-16(4)19(29(27,28)24-20)17-8-6-14(2)7-9-17/h6-9,15,18H,5,10-13H2,1-4H3,(H2,22,23,26)/t15-/m1/s1. The van der Waals surface area contributed by atoms with Gasteiger partial charge in [0.15, 0.2) is 0 Å². The topological polar surface area (TPSA) is 90.9 Å². The molecule has 1 atom stereocenters. The molecule has 0 saturated carbocycles. The Labute approximate surface area is 173 Å². The predicted octanol–water partition coefficient (Wildman–Crippen LogP) is 3.03. The lowest BCUT2D eigenvalue weighted by molar-refractivity contribution is 0.223. The Hall–Kier alpha value is -2.35. The number of amides is 2. The normalized spacial score (nSPS) is 20.4. The summed E-state index contributed by atoms with van der Waals surface area (Å²) in [6.45, 7) is 9.10. The summed E-state index contributed by atoms with van der Waals surface area (Å²) in [5.74, 6) is 0.531. The van der Waals surface area contributed by atoms with E-state index >= 15 is 0 Å². The molecule has 0 bridgehead atoms. The van der Waals surface area contributed by atoms with E-state index in [1.54, 1.807) is 0 Å². The zero-order valence-electron chi connectivity index (χ0n) is 17.5. The van der Waals surface area contributed by atoms with Crippen molar-refractivity contribution in [1.29, 1.82) is 0 Å². The van der Waals surface area contributed by atoms with Gasteiger partial charge in [0.05, 0.1) is 0 Å². The first-order valence-corrected chi connectivity index (χ1v) is 11.6. The summed E-state index contributed by atoms with van der Waals surface area (Å²) < 4.78 is 29.5. The van der Waals surface area contributed by atoms with Crippen LogP contribution in [0.25, 0.3) is 4.91 Å². The first-order chi connectivity index (χ1) is 13.7. The molecule has 0 aromatic heterocycles. The van der Waals surface area contributed by atoms with Crippen molar-refractivity contribution < 1.29 is 13.2 Å². The van der Waals surface area contributed by atoms with E-state index in [-0.39, 0.29) is 18.1 Å². The van der Waals surface area contributed by atoms with Gasteiger partial charge in [-0.1, -0.05) is 36.8 Å². The minimum absolute atomic E-state index is 0.0785. The monoisotopic (exact) mass is 418 g/mol. The first kappa shape index (κ1) is 21.4. The zero-order chi connectivity index (χ0) is 21.2. The minimum atomic E-state index is -3.70. The van der Waals surface area contributed by atoms with Gasteiger partial charge in [-0.3, -0.25) is 0 Å². The fraction of sp³-hybridized carbons (Fsp3) is 0.524. The molecule has 1 fully saturated rings. The Balaban J connectivity index is 1.68. The third-order valence-corrected chi connectivity index (χ3v) is 7.05. The molecule has 2 heterocycles. The van der Waals surface area contributed by atoms with Crippen molar-refractivity contribution in [3.8, 4) is 0 Å². The van der Waals surface area contributed by atoms with Gasteiger partial charge >= 0.3 is 6.03 Å². The Morgan fingerprint density at radius 1 is 1.21 bits per heavy atom. The highest BCUT2D eigenvalue weighted by Gasteiger charge is 2.35. The Bertz CT molecular complexity index is 927. The molecule has 8 heteroatoms. The quantitative estimate of drug-likeness (QED) is 0.786. The summed E-state index contributed by atoms with van der Waals surface area (Å²) in [5, 5.41) is 5.93. The van der Waals surface area contributed by atoms with E-state index in [1.807, 2.05) is 56.9 Å². The van der Waals surface area contributed by atoms with Crippen LogP contribution in [0.3, 0.4) is 0 Å². The van der Waals surface area contributed by atoms with Gasteiger partial charge in [-0.2, -0.15) is 8.42 Å². The number of sulfonamides is 1. The van der Waals surface area contributed by atoms with Crippen molar-refractivity contribution >= 4 is 26.8 Å². The van der Waals surface area contributed by atoms with E-state index in [1.165, 1.54) is 0 Å². The van der Waals surface area contributed by atoms with Crippen LogP contribution in [-0.4, -0.2) is 50.4 Å². The molecule has 0 spiro atoms. The molecule has 3 rings (SSSR count). The predicted molar refractivity (Wildman–Crippen MR) is 116 cm³/mol. The van der Waals surface area contributed by atoms with E-state index in [2.05, 4.69) is 15.0 Å². The summed E-state index contributed by atoms with van der Waals surface area (Å²) in [6, 6.07) is 7.55. The van der Waals surface area contributed by atoms with E-state index in [0.29, 0.717) is 35.0 Å². The molecule has 29 heavy (non-hydrogen) atoms. The van der Waals surface area contributed by atoms with Crippen LogP contribution in [0.2, 0.25) is 0 Å². The van der Waals surface area contributed by atoms with Gasteiger partial charge in [0.25, 0.3) is 10.0 Å². The van der Waals surface area contributed by atoms with Crippen LogP contribution in [0.5, 0.6) is 0 Å². The van der Waals surface area contributed by atoms with Crippen LogP contribution in [0.15, 0.2) is 34.2 Å². The van der Waals surface area contributed by atoms with Gasteiger partial charge < -0.3 is 15.5 Å². The van der Waals surface area contributed by atoms with Gasteiger partial charge in [0.1, 0.15) is 10.7 Å². The molecule has 1 saturated heterocycles. The number of piperidine rings is 1. The number of amidine groups is 1. The molecule has 2 aliphatic rings. The molecular weight excluding hydrogens is 388 g/mol. The van der Waals surface area contributed by atoms with Crippen molar-refractivity contribution in [2.75, 3.05) is 13.1 Å². The lowest BCUT2D eigenvalue weighted by Crippen LogP contribution is -2.50. The number of likely N-dealkylation sites (tertiary alicyclic amines) is 1. The highest BCUT2D eigenvalue weighted by molar-refractivity contribution is 8.00. The van der Waals surface area contributed by atoms with Gasteiger partial charge in [-0.15, -0.1) is 4.40 Å². The fourth-order valence-electron chi connectivity index (χ4n) is 3.68. The number of nitrogens with one attached hydrogen (secondary N) is 2. The largest absolute Gasteiger partial charge is 0.356 e. The summed E-state index contributed by atoms with van der Waals surface area (Å²) in [4.78, 5) is 14.3. The van der Waals surface area contributed by atoms with Crippen molar-refractivity contribution in [2.45, 2.75) is 59.0 Å². The van der Waals surface area contributed by atoms with Crippen LogP contribution >= 0.6 is 0 Å². The molecular formula is C21H30N4O3S. The molecule has 1 aromatic rings. The second-order valence-electron chi connectivity index (χ2n) is 7.90. The van der Waals surface area contributed by atoms with E-state index in [9.17, 15) is 13.2 Å². The van der Waals surface area contributed by atoms with Crippen LogP contribution < -0.4 is 10.6 Å². The van der Waals surface area contributed by atoms with Crippen LogP contribution in [0.4, 0.5) is 4.79 Å². The molecule has 2 aliphatic heterocycles. The molecule has 1 aromatic carbocycles. The molecule has 7 nitrogen and oxygen atoms in total. The molecule has 2 amide bonds. The van der Waals surface area contributed by atoms with Crippen LogP contribution in [0.1, 0.15) is 51.2 Å². The Morgan fingerprint density at radius 3 is 2.41 bits per heavy atom. The number of aryl methyl sites for hydroxylation is 1. The summed E-state index contributed by atoms with van der Waals surface area (Å²) in [7, 11) is -3.70. The smallest absolute Gasteiger partial charge is 0.315 e. The third-order valence-electron chi connectivity index (χ3n) is 5.57. The zero-order valence-corrected chi connectivity index (χ0v) is 18.3. The summed E-state index contributed by atoms with van der Waals surface area (Å²) >= 11 is 0. The maximum absolute atomic E-state index is 12.7. The Kier molecular flexibility index (Phi) is 6.31. The SMILES string of the molecule is CC[C@@H](C)NC(=O)NC1CCN(C2=NS(=O)(=O)C(c3ccc(C)cc3)=C2C)CC1. The van der Waals surface area contributed by atoms with Crippen molar-refractivity contribution in [3.63, 3.8) is 0 Å². The number of hydrogen-bond donors (Lipinski definition) is 2. The first-order valence-electron chi connectivity index (χ1n) is 10.2. The maximum atomic E-state index is 12.7. The average molecular weight is 419 g/mol. The number of carbonyl (C=O) groups excluding carboxylic acids is 1. The van der Waals surface area contributed by atoms with E-state index in [0.717, 1.165) is 24.8 Å². The highest BCUT2D eigenvalue weighted by atomic mass is 32.2. The highest BCUT2D eigenvalue weighted by Crippen LogP contribution is 2.34. The van der Waals surface area contributed by atoms with Crippen molar-refractivity contribution in [2.24, 2.45) is 4.40 Å².